The third kappa shape index (κ3) is 4.12. The molecule has 1 aliphatic rings. The molecule has 0 aliphatic carbocycles. The second kappa shape index (κ2) is 7.59. The van der Waals surface area contributed by atoms with Crippen LogP contribution in [0.3, 0.4) is 0 Å². The van der Waals surface area contributed by atoms with Gasteiger partial charge in [-0.1, -0.05) is 12.1 Å². The van der Waals surface area contributed by atoms with Gasteiger partial charge < -0.3 is 4.90 Å². The van der Waals surface area contributed by atoms with Gasteiger partial charge in [-0.05, 0) is 61.1 Å². The second-order valence-electron chi connectivity index (χ2n) is 5.86. The Kier molecular flexibility index (Phi) is 5.48. The zero-order valence-electron chi connectivity index (χ0n) is 13.7. The lowest BCUT2D eigenvalue weighted by Gasteiger charge is -2.17. The number of anilines is 1. The Morgan fingerprint density at radius 3 is 2.21 bits per heavy atom. The van der Waals surface area contributed by atoms with Gasteiger partial charge in [-0.3, -0.25) is 0 Å². The lowest BCUT2D eigenvalue weighted by atomic mass is 10.2. The fourth-order valence-corrected chi connectivity index (χ4v) is 4.24. The Balaban J connectivity index is 1.63. The molecule has 0 saturated carbocycles. The molecule has 1 heterocycles. The molecule has 0 bridgehead atoms. The molecule has 1 N–H and O–H groups in total. The predicted octanol–water partition coefficient (Wildman–Crippen LogP) is 3.49. The molecule has 0 aromatic heterocycles. The summed E-state index contributed by atoms with van der Waals surface area (Å²) in [5.41, 5.74) is 2.18. The van der Waals surface area contributed by atoms with E-state index in [2.05, 4.69) is 21.8 Å². The van der Waals surface area contributed by atoms with Crippen molar-refractivity contribution in [3.63, 3.8) is 0 Å². The van der Waals surface area contributed by atoms with Crippen LogP contribution < -0.4 is 9.62 Å². The lowest BCUT2D eigenvalue weighted by molar-refractivity contribution is 0.581. The van der Waals surface area contributed by atoms with Crippen LogP contribution in [0.15, 0.2) is 58.3 Å². The van der Waals surface area contributed by atoms with Crippen LogP contribution in [-0.2, 0) is 16.6 Å². The van der Waals surface area contributed by atoms with Gasteiger partial charge in [0.15, 0.2) is 0 Å². The van der Waals surface area contributed by atoms with Gasteiger partial charge in [-0.25, -0.2) is 13.1 Å². The van der Waals surface area contributed by atoms with Crippen LogP contribution in [0.4, 0.5) is 5.69 Å². The first kappa shape index (κ1) is 17.3. The van der Waals surface area contributed by atoms with Crippen molar-refractivity contribution in [3.05, 3.63) is 54.1 Å². The summed E-state index contributed by atoms with van der Waals surface area (Å²) in [5.74, 6) is 0. The summed E-state index contributed by atoms with van der Waals surface area (Å²) in [6.07, 6.45) is 4.46. The highest BCUT2D eigenvalue weighted by molar-refractivity contribution is 7.98. The average molecular weight is 363 g/mol. The predicted molar refractivity (Wildman–Crippen MR) is 100 cm³/mol. The van der Waals surface area contributed by atoms with E-state index in [0.29, 0.717) is 11.4 Å². The van der Waals surface area contributed by atoms with Crippen LogP contribution in [0.5, 0.6) is 0 Å². The first-order valence-electron chi connectivity index (χ1n) is 8.06. The Morgan fingerprint density at radius 1 is 1.00 bits per heavy atom. The van der Waals surface area contributed by atoms with Crippen molar-refractivity contribution in [2.75, 3.05) is 24.2 Å². The highest BCUT2D eigenvalue weighted by Gasteiger charge is 2.14. The topological polar surface area (TPSA) is 49.4 Å². The van der Waals surface area contributed by atoms with E-state index in [1.54, 1.807) is 23.9 Å². The molecule has 0 atom stereocenters. The van der Waals surface area contributed by atoms with Gasteiger partial charge in [-0.15, -0.1) is 11.8 Å². The smallest absolute Gasteiger partial charge is 0.240 e. The number of nitrogens with one attached hydrogen (secondary N) is 1. The summed E-state index contributed by atoms with van der Waals surface area (Å²) >= 11 is 1.59. The molecule has 6 heteroatoms. The molecule has 2 aromatic carbocycles. The third-order valence-corrected chi connectivity index (χ3v) is 6.40. The van der Waals surface area contributed by atoms with Crippen LogP contribution in [0.2, 0.25) is 0 Å². The number of thioether (sulfide) groups is 1. The Labute approximate surface area is 148 Å². The van der Waals surface area contributed by atoms with E-state index < -0.39 is 10.0 Å². The minimum atomic E-state index is -3.48. The molecule has 0 spiro atoms. The van der Waals surface area contributed by atoms with E-state index in [1.807, 2.05) is 30.5 Å². The molecule has 1 fully saturated rings. The Morgan fingerprint density at radius 2 is 1.62 bits per heavy atom. The zero-order valence-corrected chi connectivity index (χ0v) is 15.4. The van der Waals surface area contributed by atoms with E-state index in [4.69, 9.17) is 0 Å². The maximum absolute atomic E-state index is 12.4. The van der Waals surface area contributed by atoms with Crippen molar-refractivity contribution < 1.29 is 8.42 Å². The van der Waals surface area contributed by atoms with Gasteiger partial charge in [0.2, 0.25) is 10.0 Å². The first-order chi connectivity index (χ1) is 11.6. The molecule has 3 rings (SSSR count). The largest absolute Gasteiger partial charge is 0.372 e. The average Bonchev–Trinajstić information content (AvgIpc) is 3.15. The highest BCUT2D eigenvalue weighted by atomic mass is 32.2. The molecular formula is C18H22N2O2S2. The van der Waals surface area contributed by atoms with Gasteiger partial charge in [0, 0.05) is 30.2 Å². The molecule has 2 aromatic rings. The molecule has 1 saturated heterocycles. The first-order valence-corrected chi connectivity index (χ1v) is 10.8. The Bertz CT molecular complexity index is 766. The van der Waals surface area contributed by atoms with Gasteiger partial charge in [0.25, 0.3) is 0 Å². The molecule has 24 heavy (non-hydrogen) atoms. The van der Waals surface area contributed by atoms with Crippen molar-refractivity contribution in [2.24, 2.45) is 0 Å². The van der Waals surface area contributed by atoms with Gasteiger partial charge in [0.05, 0.1) is 4.90 Å². The fraction of sp³-hybridized carbons (Fsp3) is 0.333. The van der Waals surface area contributed by atoms with Crippen molar-refractivity contribution in [1.29, 1.82) is 0 Å². The van der Waals surface area contributed by atoms with E-state index in [1.165, 1.54) is 18.5 Å². The summed E-state index contributed by atoms with van der Waals surface area (Å²) in [7, 11) is -3.48. The fourth-order valence-electron chi connectivity index (χ4n) is 2.82. The summed E-state index contributed by atoms with van der Waals surface area (Å²) in [5, 5.41) is 0. The number of rotatable bonds is 6. The molecule has 0 amide bonds. The normalized spacial score (nSPS) is 15.0. The van der Waals surface area contributed by atoms with Crippen molar-refractivity contribution in [2.45, 2.75) is 29.2 Å². The van der Waals surface area contributed by atoms with E-state index in [-0.39, 0.29) is 0 Å². The number of nitrogens with zero attached hydrogens (tertiary/aromatic N) is 1. The maximum atomic E-state index is 12.4. The van der Waals surface area contributed by atoms with Gasteiger partial charge in [0.1, 0.15) is 0 Å². The van der Waals surface area contributed by atoms with Crippen molar-refractivity contribution >= 4 is 27.5 Å². The SMILES string of the molecule is CSc1ccc(S(=O)(=O)NCc2ccc(N3CCCC3)cc2)cc1. The summed E-state index contributed by atoms with van der Waals surface area (Å²) in [6, 6.07) is 15.1. The lowest BCUT2D eigenvalue weighted by Crippen LogP contribution is -2.23. The van der Waals surface area contributed by atoms with Crippen LogP contribution >= 0.6 is 11.8 Å². The summed E-state index contributed by atoms with van der Waals surface area (Å²) < 4.78 is 27.4. The standard InChI is InChI=1S/C18H22N2O2S2/c1-23-17-8-10-18(11-9-17)24(21,22)19-14-15-4-6-16(7-5-15)20-12-2-3-13-20/h4-11,19H,2-3,12-14H2,1H3. The third-order valence-electron chi connectivity index (χ3n) is 4.24. The number of benzene rings is 2. The maximum Gasteiger partial charge on any atom is 0.240 e. The molecule has 4 nitrogen and oxygen atoms in total. The second-order valence-corrected chi connectivity index (χ2v) is 8.51. The molecule has 128 valence electrons. The Hall–Kier alpha value is -1.50. The molecule has 0 radical (unpaired) electrons. The van der Waals surface area contributed by atoms with E-state index >= 15 is 0 Å². The minimum Gasteiger partial charge on any atom is -0.372 e. The van der Waals surface area contributed by atoms with Crippen molar-refractivity contribution in [1.82, 2.24) is 4.72 Å². The highest BCUT2D eigenvalue weighted by Crippen LogP contribution is 2.21. The van der Waals surface area contributed by atoms with E-state index in [9.17, 15) is 8.42 Å². The zero-order chi connectivity index (χ0) is 17.0. The molecular weight excluding hydrogens is 340 g/mol. The van der Waals surface area contributed by atoms with Crippen molar-refractivity contribution in [3.8, 4) is 0 Å². The van der Waals surface area contributed by atoms with Crippen LogP contribution in [-0.4, -0.2) is 27.8 Å². The monoisotopic (exact) mass is 362 g/mol. The molecule has 1 aliphatic heterocycles. The number of sulfonamides is 1. The quantitative estimate of drug-likeness (QED) is 0.799. The van der Waals surface area contributed by atoms with Crippen LogP contribution in [0, 0.1) is 0 Å². The van der Waals surface area contributed by atoms with Crippen LogP contribution in [0.1, 0.15) is 18.4 Å². The number of hydrogen-bond donors (Lipinski definition) is 1. The summed E-state index contributed by atoms with van der Waals surface area (Å²) in [4.78, 5) is 3.71. The van der Waals surface area contributed by atoms with E-state index in [0.717, 1.165) is 23.5 Å². The van der Waals surface area contributed by atoms with Gasteiger partial charge in [-0.2, -0.15) is 0 Å². The number of hydrogen-bond acceptors (Lipinski definition) is 4. The molecule has 0 unspecified atom stereocenters. The minimum absolute atomic E-state index is 0.299. The van der Waals surface area contributed by atoms with Crippen LogP contribution in [0.25, 0.3) is 0 Å². The van der Waals surface area contributed by atoms with Gasteiger partial charge >= 0.3 is 0 Å². The summed E-state index contributed by atoms with van der Waals surface area (Å²) in [6.45, 7) is 2.52.